The lowest BCUT2D eigenvalue weighted by molar-refractivity contribution is 0.0917. The van der Waals surface area contributed by atoms with Crippen molar-refractivity contribution in [3.63, 3.8) is 0 Å². The second kappa shape index (κ2) is 3.72. The third-order valence-corrected chi connectivity index (χ3v) is 1.55. The molecule has 1 aromatic heterocycles. The Morgan fingerprint density at radius 2 is 1.93 bits per heavy atom. The first-order chi connectivity index (χ1) is 6.79. The molecule has 6 heteroatoms. The van der Waals surface area contributed by atoms with E-state index in [2.05, 4.69) is 10.3 Å². The fourth-order valence-electron chi connectivity index (χ4n) is 0.986. The predicted molar refractivity (Wildman–Crippen MR) is 54.9 cm³/mol. The summed E-state index contributed by atoms with van der Waals surface area (Å²) in [6.45, 7) is 5.39. The quantitative estimate of drug-likeness (QED) is 0.589. The van der Waals surface area contributed by atoms with Crippen LogP contribution in [0.4, 0.5) is 0 Å². The summed E-state index contributed by atoms with van der Waals surface area (Å²) in [4.78, 5) is 37.7. The molecule has 82 valence electrons. The Kier molecular flexibility index (Phi) is 2.78. The van der Waals surface area contributed by atoms with Gasteiger partial charge in [0.1, 0.15) is 5.56 Å². The molecule has 1 rings (SSSR count). The van der Waals surface area contributed by atoms with Crippen LogP contribution >= 0.6 is 0 Å². The SMILES string of the molecule is CC(C)(C)NC(=O)c1c[nH]c(=O)[nH]c1=O. The van der Waals surface area contributed by atoms with E-state index in [9.17, 15) is 14.4 Å². The number of nitrogens with one attached hydrogen (secondary N) is 3. The lowest BCUT2D eigenvalue weighted by Gasteiger charge is -2.19. The molecule has 0 aliphatic rings. The highest BCUT2D eigenvalue weighted by Gasteiger charge is 2.17. The topological polar surface area (TPSA) is 94.8 Å². The molecule has 0 saturated heterocycles. The Bertz CT molecular complexity index is 478. The van der Waals surface area contributed by atoms with Crippen LogP contribution in [0.5, 0.6) is 0 Å². The normalized spacial score (nSPS) is 11.1. The van der Waals surface area contributed by atoms with Crippen LogP contribution in [-0.4, -0.2) is 21.4 Å². The first kappa shape index (κ1) is 11.2. The molecule has 0 aliphatic carbocycles. The van der Waals surface area contributed by atoms with Crippen molar-refractivity contribution in [1.82, 2.24) is 15.3 Å². The van der Waals surface area contributed by atoms with Gasteiger partial charge in [-0.25, -0.2) is 4.79 Å². The van der Waals surface area contributed by atoms with Crippen LogP contribution in [0.1, 0.15) is 31.1 Å². The van der Waals surface area contributed by atoms with Gasteiger partial charge in [0.05, 0.1) is 0 Å². The molecule has 1 aromatic rings. The average molecular weight is 211 g/mol. The van der Waals surface area contributed by atoms with Crippen LogP contribution in [-0.2, 0) is 0 Å². The van der Waals surface area contributed by atoms with Crippen LogP contribution < -0.4 is 16.6 Å². The van der Waals surface area contributed by atoms with Crippen LogP contribution in [0.2, 0.25) is 0 Å². The number of hydrogen-bond donors (Lipinski definition) is 3. The summed E-state index contributed by atoms with van der Waals surface area (Å²) in [6, 6.07) is 0. The zero-order valence-electron chi connectivity index (χ0n) is 8.80. The minimum Gasteiger partial charge on any atom is -0.347 e. The maximum Gasteiger partial charge on any atom is 0.325 e. The third kappa shape index (κ3) is 3.08. The predicted octanol–water partition coefficient (Wildman–Crippen LogP) is -0.409. The highest BCUT2D eigenvalue weighted by molar-refractivity contribution is 5.93. The molecule has 1 amide bonds. The monoisotopic (exact) mass is 211 g/mol. The molecule has 1 heterocycles. The van der Waals surface area contributed by atoms with Crippen LogP contribution in [0.15, 0.2) is 15.8 Å². The van der Waals surface area contributed by atoms with Gasteiger partial charge in [-0.1, -0.05) is 0 Å². The van der Waals surface area contributed by atoms with E-state index in [0.29, 0.717) is 0 Å². The fourth-order valence-corrected chi connectivity index (χ4v) is 0.986. The largest absolute Gasteiger partial charge is 0.347 e. The second-order valence-corrected chi connectivity index (χ2v) is 4.19. The van der Waals surface area contributed by atoms with Gasteiger partial charge in [0.25, 0.3) is 11.5 Å². The molecule has 0 spiro atoms. The Hall–Kier alpha value is -1.85. The number of aromatic amines is 2. The molecule has 0 aromatic carbocycles. The minimum absolute atomic E-state index is 0.107. The second-order valence-electron chi connectivity index (χ2n) is 4.19. The van der Waals surface area contributed by atoms with E-state index in [0.717, 1.165) is 6.20 Å². The minimum atomic E-state index is -0.694. The Labute approximate surface area is 85.7 Å². The summed E-state index contributed by atoms with van der Waals surface area (Å²) >= 11 is 0. The highest BCUT2D eigenvalue weighted by Crippen LogP contribution is 1.99. The smallest absolute Gasteiger partial charge is 0.325 e. The molecule has 0 bridgehead atoms. The standard InChI is InChI=1S/C9H13N3O3/c1-9(2,3)12-7(14)5-4-10-8(15)11-6(5)13/h4H,1-3H3,(H,12,14)(H2,10,11,13,15). The fraction of sp³-hybridized carbons (Fsp3) is 0.444. The zero-order chi connectivity index (χ0) is 11.6. The van der Waals surface area contributed by atoms with Gasteiger partial charge in [-0.2, -0.15) is 0 Å². The Balaban J connectivity index is 3.03. The average Bonchev–Trinajstić information content (AvgIpc) is 1.99. The molecule has 0 aliphatic heterocycles. The Morgan fingerprint density at radius 3 is 2.40 bits per heavy atom. The summed E-state index contributed by atoms with van der Waals surface area (Å²) < 4.78 is 0. The van der Waals surface area contributed by atoms with Crippen LogP contribution in [0.25, 0.3) is 0 Å². The van der Waals surface area contributed by atoms with E-state index in [1.54, 1.807) is 20.8 Å². The number of amides is 1. The van der Waals surface area contributed by atoms with E-state index in [1.807, 2.05) is 4.98 Å². The maximum absolute atomic E-state index is 11.5. The van der Waals surface area contributed by atoms with Gasteiger partial charge in [0.15, 0.2) is 0 Å². The third-order valence-electron chi connectivity index (χ3n) is 1.55. The molecular weight excluding hydrogens is 198 g/mol. The molecule has 0 atom stereocenters. The summed E-state index contributed by atoms with van der Waals surface area (Å²) in [5.74, 6) is -0.514. The molecular formula is C9H13N3O3. The van der Waals surface area contributed by atoms with Crippen molar-refractivity contribution in [2.24, 2.45) is 0 Å². The van der Waals surface area contributed by atoms with Crippen molar-refractivity contribution in [3.05, 3.63) is 32.6 Å². The van der Waals surface area contributed by atoms with E-state index >= 15 is 0 Å². The molecule has 0 radical (unpaired) electrons. The van der Waals surface area contributed by atoms with Gasteiger partial charge in [-0.3, -0.25) is 14.6 Å². The van der Waals surface area contributed by atoms with Crippen molar-refractivity contribution < 1.29 is 4.79 Å². The summed E-state index contributed by atoms with van der Waals surface area (Å²) in [6.07, 6.45) is 1.10. The zero-order valence-corrected chi connectivity index (χ0v) is 8.80. The molecule has 0 fully saturated rings. The molecule has 15 heavy (non-hydrogen) atoms. The van der Waals surface area contributed by atoms with Crippen LogP contribution in [0.3, 0.4) is 0 Å². The van der Waals surface area contributed by atoms with E-state index in [4.69, 9.17) is 0 Å². The van der Waals surface area contributed by atoms with Crippen molar-refractivity contribution in [3.8, 4) is 0 Å². The molecule has 3 N–H and O–H groups in total. The number of aromatic nitrogens is 2. The van der Waals surface area contributed by atoms with Crippen molar-refractivity contribution in [2.75, 3.05) is 0 Å². The van der Waals surface area contributed by atoms with Gasteiger partial charge >= 0.3 is 5.69 Å². The van der Waals surface area contributed by atoms with Gasteiger partial charge in [-0.15, -0.1) is 0 Å². The van der Waals surface area contributed by atoms with Crippen molar-refractivity contribution >= 4 is 5.91 Å². The Morgan fingerprint density at radius 1 is 1.33 bits per heavy atom. The highest BCUT2D eigenvalue weighted by atomic mass is 16.2. The van der Waals surface area contributed by atoms with Crippen molar-refractivity contribution in [1.29, 1.82) is 0 Å². The number of H-pyrrole nitrogens is 2. The summed E-state index contributed by atoms with van der Waals surface area (Å²) in [7, 11) is 0. The lowest BCUT2D eigenvalue weighted by Crippen LogP contribution is -2.43. The number of hydrogen-bond acceptors (Lipinski definition) is 3. The van der Waals surface area contributed by atoms with Crippen molar-refractivity contribution in [2.45, 2.75) is 26.3 Å². The molecule has 0 unspecified atom stereocenters. The number of carbonyl (C=O) groups is 1. The number of rotatable bonds is 1. The molecule has 6 nitrogen and oxygen atoms in total. The summed E-state index contributed by atoms with van der Waals surface area (Å²) in [5, 5.41) is 2.61. The number of carbonyl (C=O) groups excluding carboxylic acids is 1. The molecule has 0 saturated carbocycles. The maximum atomic E-state index is 11.5. The van der Waals surface area contributed by atoms with Gasteiger partial charge < -0.3 is 10.3 Å². The van der Waals surface area contributed by atoms with E-state index in [1.165, 1.54) is 0 Å². The summed E-state index contributed by atoms with van der Waals surface area (Å²) in [5.41, 5.74) is -1.86. The first-order valence-corrected chi connectivity index (χ1v) is 4.44. The van der Waals surface area contributed by atoms with E-state index in [-0.39, 0.29) is 5.56 Å². The van der Waals surface area contributed by atoms with E-state index < -0.39 is 22.7 Å². The van der Waals surface area contributed by atoms with Gasteiger partial charge in [0, 0.05) is 11.7 Å². The van der Waals surface area contributed by atoms with Crippen LogP contribution in [0, 0.1) is 0 Å². The van der Waals surface area contributed by atoms with Gasteiger partial charge in [0.2, 0.25) is 0 Å². The lowest BCUT2D eigenvalue weighted by atomic mass is 10.1. The first-order valence-electron chi connectivity index (χ1n) is 4.44. The van der Waals surface area contributed by atoms with Gasteiger partial charge in [-0.05, 0) is 20.8 Å².